The van der Waals surface area contributed by atoms with E-state index in [9.17, 15) is 18.0 Å². The van der Waals surface area contributed by atoms with E-state index < -0.39 is 10.0 Å². The van der Waals surface area contributed by atoms with Gasteiger partial charge in [0, 0.05) is 45.3 Å². The van der Waals surface area contributed by atoms with Crippen LogP contribution in [0, 0.1) is 0 Å². The third-order valence-corrected chi connectivity index (χ3v) is 5.88. The minimum Gasteiger partial charge on any atom is -0.336 e. The number of halogens is 1. The summed E-state index contributed by atoms with van der Waals surface area (Å²) in [5.74, 6) is -0.446. The Bertz CT molecular complexity index is 739. The Kier molecular flexibility index (Phi) is 8.01. The Hall–Kier alpha value is -1.68. The van der Waals surface area contributed by atoms with Crippen molar-refractivity contribution in [2.75, 3.05) is 38.5 Å². The average molecular weight is 405 g/mol. The SMILES string of the molecule is CC(=O)Nc1ccc(S(=O)(=O)N(C)CC(=O)N2CCNCC2C)cc1.Cl. The second-order valence-corrected chi connectivity index (χ2v) is 8.15. The molecule has 0 aliphatic carbocycles. The first-order valence-electron chi connectivity index (χ1n) is 8.06. The van der Waals surface area contributed by atoms with Crippen LogP contribution in [0.3, 0.4) is 0 Å². The highest BCUT2D eigenvalue weighted by Crippen LogP contribution is 2.18. The molecule has 1 atom stereocenters. The largest absolute Gasteiger partial charge is 0.336 e. The molecule has 0 bridgehead atoms. The third-order valence-electron chi connectivity index (χ3n) is 4.06. The predicted octanol–water partition coefficient (Wildman–Crippen LogP) is 0.508. The van der Waals surface area contributed by atoms with Crippen molar-refractivity contribution in [2.45, 2.75) is 24.8 Å². The first-order chi connectivity index (χ1) is 11.7. The van der Waals surface area contributed by atoms with Crippen LogP contribution < -0.4 is 10.6 Å². The van der Waals surface area contributed by atoms with Crippen LogP contribution in [-0.2, 0) is 19.6 Å². The number of piperazine rings is 1. The molecule has 0 aromatic heterocycles. The Morgan fingerprint density at radius 1 is 1.31 bits per heavy atom. The van der Waals surface area contributed by atoms with Gasteiger partial charge in [-0.3, -0.25) is 9.59 Å². The lowest BCUT2D eigenvalue weighted by Crippen LogP contribution is -2.54. The minimum absolute atomic E-state index is 0. The Balaban J connectivity index is 0.00000338. The Morgan fingerprint density at radius 2 is 1.92 bits per heavy atom. The highest BCUT2D eigenvalue weighted by atomic mass is 35.5. The summed E-state index contributed by atoms with van der Waals surface area (Å²) in [6.07, 6.45) is 0. The van der Waals surface area contributed by atoms with Gasteiger partial charge in [-0.1, -0.05) is 0 Å². The molecule has 146 valence electrons. The fourth-order valence-corrected chi connectivity index (χ4v) is 3.79. The molecule has 1 aliphatic rings. The van der Waals surface area contributed by atoms with Crippen molar-refractivity contribution in [3.05, 3.63) is 24.3 Å². The minimum atomic E-state index is -3.78. The first-order valence-corrected chi connectivity index (χ1v) is 9.50. The maximum absolute atomic E-state index is 12.6. The van der Waals surface area contributed by atoms with Crippen LogP contribution in [0.5, 0.6) is 0 Å². The molecule has 1 heterocycles. The number of carbonyl (C=O) groups is 2. The molecule has 1 saturated heterocycles. The molecule has 1 aromatic rings. The molecule has 1 aliphatic heterocycles. The zero-order chi connectivity index (χ0) is 18.6. The summed E-state index contributed by atoms with van der Waals surface area (Å²) in [4.78, 5) is 25.2. The van der Waals surface area contributed by atoms with Gasteiger partial charge in [-0.05, 0) is 31.2 Å². The number of hydrogen-bond donors (Lipinski definition) is 2. The molecule has 0 radical (unpaired) electrons. The molecular formula is C16H25ClN4O4S. The zero-order valence-corrected chi connectivity index (χ0v) is 16.7. The number of sulfonamides is 1. The van der Waals surface area contributed by atoms with Crippen molar-refractivity contribution in [3.63, 3.8) is 0 Å². The van der Waals surface area contributed by atoms with E-state index in [1.807, 2.05) is 6.92 Å². The molecule has 0 spiro atoms. The molecule has 1 aromatic carbocycles. The predicted molar refractivity (Wildman–Crippen MR) is 102 cm³/mol. The molecule has 26 heavy (non-hydrogen) atoms. The lowest BCUT2D eigenvalue weighted by molar-refractivity contribution is -0.134. The summed E-state index contributed by atoms with van der Waals surface area (Å²) in [6.45, 7) is 5.07. The van der Waals surface area contributed by atoms with E-state index in [2.05, 4.69) is 10.6 Å². The Morgan fingerprint density at radius 3 is 2.46 bits per heavy atom. The second-order valence-electron chi connectivity index (χ2n) is 6.11. The smallest absolute Gasteiger partial charge is 0.243 e. The summed E-state index contributed by atoms with van der Waals surface area (Å²) in [7, 11) is -2.39. The van der Waals surface area contributed by atoms with Gasteiger partial charge in [0.05, 0.1) is 11.4 Å². The maximum Gasteiger partial charge on any atom is 0.243 e. The van der Waals surface area contributed by atoms with Gasteiger partial charge in [-0.25, -0.2) is 8.42 Å². The van der Waals surface area contributed by atoms with Crippen LogP contribution >= 0.6 is 12.4 Å². The van der Waals surface area contributed by atoms with Crippen LogP contribution in [0.25, 0.3) is 0 Å². The number of nitrogens with zero attached hydrogens (tertiary/aromatic N) is 2. The summed E-state index contributed by atoms with van der Waals surface area (Å²) in [6, 6.07) is 5.89. The molecule has 1 fully saturated rings. The van der Waals surface area contributed by atoms with E-state index in [1.54, 1.807) is 4.90 Å². The van der Waals surface area contributed by atoms with Gasteiger partial charge in [0.25, 0.3) is 0 Å². The highest BCUT2D eigenvalue weighted by molar-refractivity contribution is 7.89. The van der Waals surface area contributed by atoms with Crippen LogP contribution in [0.2, 0.25) is 0 Å². The van der Waals surface area contributed by atoms with Crippen molar-refractivity contribution in [3.8, 4) is 0 Å². The average Bonchev–Trinajstić information content (AvgIpc) is 2.55. The normalized spacial score (nSPS) is 17.5. The summed E-state index contributed by atoms with van der Waals surface area (Å²) in [5.41, 5.74) is 0.514. The maximum atomic E-state index is 12.6. The molecule has 10 heteroatoms. The second kappa shape index (κ2) is 9.31. The molecule has 2 N–H and O–H groups in total. The van der Waals surface area contributed by atoms with E-state index in [0.29, 0.717) is 25.3 Å². The molecule has 2 amide bonds. The number of benzene rings is 1. The molecule has 8 nitrogen and oxygen atoms in total. The lowest BCUT2D eigenvalue weighted by Gasteiger charge is -2.34. The summed E-state index contributed by atoms with van der Waals surface area (Å²) >= 11 is 0. The standard InChI is InChI=1S/C16H24N4O4S.ClH/c1-12-10-17-8-9-20(12)16(22)11-19(3)25(23,24)15-6-4-14(5-7-15)18-13(2)21;/h4-7,12,17H,8-11H2,1-3H3,(H,18,21);1H. The molecule has 1 unspecified atom stereocenters. The van der Waals surface area contributed by atoms with E-state index in [4.69, 9.17) is 0 Å². The monoisotopic (exact) mass is 404 g/mol. The van der Waals surface area contributed by atoms with Crippen LogP contribution in [-0.4, -0.2) is 68.7 Å². The molecular weight excluding hydrogens is 380 g/mol. The number of likely N-dealkylation sites (N-methyl/N-ethyl adjacent to an activating group) is 1. The van der Waals surface area contributed by atoms with Crippen LogP contribution in [0.1, 0.15) is 13.8 Å². The van der Waals surface area contributed by atoms with Gasteiger partial charge in [0.1, 0.15) is 0 Å². The quantitative estimate of drug-likeness (QED) is 0.744. The van der Waals surface area contributed by atoms with E-state index in [-0.39, 0.29) is 41.7 Å². The fraction of sp³-hybridized carbons (Fsp3) is 0.500. The molecule has 0 saturated carbocycles. The first kappa shape index (κ1) is 22.4. The van der Waals surface area contributed by atoms with E-state index in [1.165, 1.54) is 38.2 Å². The van der Waals surface area contributed by atoms with Gasteiger partial charge < -0.3 is 15.5 Å². The highest BCUT2D eigenvalue weighted by Gasteiger charge is 2.28. The van der Waals surface area contributed by atoms with Crippen molar-refractivity contribution >= 4 is 39.9 Å². The number of carbonyl (C=O) groups excluding carboxylic acids is 2. The third kappa shape index (κ3) is 5.41. The van der Waals surface area contributed by atoms with Crippen molar-refractivity contribution < 1.29 is 18.0 Å². The number of amides is 2. The van der Waals surface area contributed by atoms with Gasteiger partial charge in [-0.15, -0.1) is 12.4 Å². The van der Waals surface area contributed by atoms with Crippen molar-refractivity contribution in [1.82, 2.24) is 14.5 Å². The number of anilines is 1. The summed E-state index contributed by atoms with van der Waals surface area (Å²) in [5, 5.41) is 5.77. The summed E-state index contributed by atoms with van der Waals surface area (Å²) < 4.78 is 26.3. The number of hydrogen-bond acceptors (Lipinski definition) is 5. The van der Waals surface area contributed by atoms with Crippen LogP contribution in [0.15, 0.2) is 29.2 Å². The topological polar surface area (TPSA) is 98.8 Å². The molecule has 2 rings (SSSR count). The van der Waals surface area contributed by atoms with Gasteiger partial charge >= 0.3 is 0 Å². The number of nitrogens with one attached hydrogen (secondary N) is 2. The van der Waals surface area contributed by atoms with E-state index >= 15 is 0 Å². The van der Waals surface area contributed by atoms with Gasteiger partial charge in [0.2, 0.25) is 21.8 Å². The number of rotatable bonds is 5. The van der Waals surface area contributed by atoms with Crippen LogP contribution in [0.4, 0.5) is 5.69 Å². The van der Waals surface area contributed by atoms with Crippen molar-refractivity contribution in [2.24, 2.45) is 0 Å². The van der Waals surface area contributed by atoms with E-state index in [0.717, 1.165) is 4.31 Å². The Labute approximate surface area is 160 Å². The zero-order valence-electron chi connectivity index (χ0n) is 15.1. The van der Waals surface area contributed by atoms with Gasteiger partial charge in [0.15, 0.2) is 0 Å². The van der Waals surface area contributed by atoms with Crippen molar-refractivity contribution in [1.29, 1.82) is 0 Å². The lowest BCUT2D eigenvalue weighted by atomic mass is 10.2. The fourth-order valence-electron chi connectivity index (χ4n) is 2.67. The van der Waals surface area contributed by atoms with Gasteiger partial charge in [-0.2, -0.15) is 4.31 Å².